The molecule has 5 heteroatoms. The van der Waals surface area contributed by atoms with Gasteiger partial charge in [-0.15, -0.1) is 0 Å². The van der Waals surface area contributed by atoms with Crippen LogP contribution >= 0.6 is 0 Å². The molecule has 1 aromatic rings. The molecule has 0 spiro atoms. The topological polar surface area (TPSA) is 60.4 Å². The van der Waals surface area contributed by atoms with Crippen LogP contribution in [0.2, 0.25) is 0 Å². The molecule has 7 atom stereocenters. The van der Waals surface area contributed by atoms with Gasteiger partial charge in [0.1, 0.15) is 5.78 Å². The smallest absolute Gasteiger partial charge is 0.297 e. The monoisotopic (exact) mass is 444 g/mol. The largest absolute Gasteiger partial charge is 0.299 e. The Labute approximate surface area is 187 Å². The van der Waals surface area contributed by atoms with Gasteiger partial charge in [0.25, 0.3) is 10.1 Å². The highest BCUT2D eigenvalue weighted by Gasteiger charge is 2.60. The number of ketones is 1. The van der Waals surface area contributed by atoms with E-state index in [0.29, 0.717) is 29.5 Å². The van der Waals surface area contributed by atoms with Crippen molar-refractivity contribution in [2.24, 2.45) is 34.5 Å². The van der Waals surface area contributed by atoms with E-state index in [0.717, 1.165) is 56.9 Å². The van der Waals surface area contributed by atoms with E-state index in [2.05, 4.69) is 13.8 Å². The van der Waals surface area contributed by atoms with Crippen molar-refractivity contribution in [3.63, 3.8) is 0 Å². The Bertz CT molecular complexity index is 968. The van der Waals surface area contributed by atoms with E-state index < -0.39 is 10.1 Å². The van der Waals surface area contributed by atoms with E-state index in [1.54, 1.807) is 12.1 Å². The molecule has 0 N–H and O–H groups in total. The third-order valence-corrected chi connectivity index (χ3v) is 11.3. The van der Waals surface area contributed by atoms with E-state index in [4.69, 9.17) is 4.18 Å². The molecule has 4 fully saturated rings. The van der Waals surface area contributed by atoms with Crippen LogP contribution in [0.4, 0.5) is 0 Å². The minimum Gasteiger partial charge on any atom is -0.299 e. The fourth-order valence-electron chi connectivity index (χ4n) is 8.02. The van der Waals surface area contributed by atoms with E-state index in [-0.39, 0.29) is 21.8 Å². The highest BCUT2D eigenvalue weighted by molar-refractivity contribution is 7.86. The Morgan fingerprint density at radius 1 is 0.935 bits per heavy atom. The fraction of sp³-hybridized carbons (Fsp3) is 0.731. The zero-order chi connectivity index (χ0) is 22.0. The first kappa shape index (κ1) is 21.6. The molecule has 170 valence electrons. The molecule has 4 aliphatic carbocycles. The lowest BCUT2D eigenvalue weighted by Gasteiger charge is -2.60. The predicted molar refractivity (Wildman–Crippen MR) is 120 cm³/mol. The molecule has 0 amide bonds. The van der Waals surface area contributed by atoms with Crippen molar-refractivity contribution in [3.8, 4) is 0 Å². The van der Waals surface area contributed by atoms with E-state index in [1.807, 2.05) is 19.1 Å². The summed E-state index contributed by atoms with van der Waals surface area (Å²) in [6, 6.07) is 6.93. The van der Waals surface area contributed by atoms with Gasteiger partial charge in [-0.1, -0.05) is 31.5 Å². The number of carbonyl (C=O) groups excluding carboxylic acids is 1. The lowest BCUT2D eigenvalue weighted by molar-refractivity contribution is -0.141. The quantitative estimate of drug-likeness (QED) is 0.563. The van der Waals surface area contributed by atoms with Crippen molar-refractivity contribution in [1.82, 2.24) is 0 Å². The number of aryl methyl sites for hydroxylation is 1. The Kier molecular flexibility index (Phi) is 5.17. The number of rotatable bonds is 3. The molecule has 4 saturated carbocycles. The first-order chi connectivity index (χ1) is 14.6. The Hall–Kier alpha value is -1.20. The van der Waals surface area contributed by atoms with E-state index in [9.17, 15) is 13.2 Å². The molecule has 4 aliphatic rings. The van der Waals surface area contributed by atoms with Crippen LogP contribution in [0.3, 0.4) is 0 Å². The van der Waals surface area contributed by atoms with Gasteiger partial charge in [0.2, 0.25) is 0 Å². The number of hydrogen-bond donors (Lipinski definition) is 0. The fourth-order valence-corrected chi connectivity index (χ4v) is 9.13. The first-order valence-corrected chi connectivity index (χ1v) is 13.6. The van der Waals surface area contributed by atoms with Crippen molar-refractivity contribution in [1.29, 1.82) is 0 Å². The molecule has 4 nitrogen and oxygen atoms in total. The summed E-state index contributed by atoms with van der Waals surface area (Å²) in [6.07, 6.45) is 8.85. The summed E-state index contributed by atoms with van der Waals surface area (Å²) in [5.74, 6) is 2.92. The molecule has 0 aliphatic heterocycles. The highest BCUT2D eigenvalue weighted by Crippen LogP contribution is 2.65. The SMILES string of the molecule is Cc1ccc(S(=O)(=O)O[C@H]2CC[C@]3(C)[C@H](CC[C@H]4[C@H]5CCC(=O)[C@]5(C)CC[C@@H]43)C2)cc1. The lowest BCUT2D eigenvalue weighted by Crippen LogP contribution is -2.54. The minimum atomic E-state index is -3.72. The van der Waals surface area contributed by atoms with Crippen LogP contribution in [0.5, 0.6) is 0 Å². The summed E-state index contributed by atoms with van der Waals surface area (Å²) in [6.45, 7) is 6.64. The van der Waals surface area contributed by atoms with Gasteiger partial charge in [-0.25, -0.2) is 0 Å². The Morgan fingerprint density at radius 2 is 1.68 bits per heavy atom. The zero-order valence-corrected chi connectivity index (χ0v) is 19.9. The second-order valence-electron chi connectivity index (χ2n) is 11.3. The van der Waals surface area contributed by atoms with Gasteiger partial charge in [-0.05, 0) is 99.5 Å². The molecule has 0 radical (unpaired) electrons. The van der Waals surface area contributed by atoms with Gasteiger partial charge in [-0.2, -0.15) is 8.42 Å². The van der Waals surface area contributed by atoms with Gasteiger partial charge in [0.15, 0.2) is 0 Å². The lowest BCUT2D eigenvalue weighted by atomic mass is 9.45. The minimum absolute atomic E-state index is 0.0766. The Balaban J connectivity index is 1.30. The standard InChI is InChI=1S/C26H36O4S/c1-17-4-7-20(8-5-17)31(28,29)30-19-12-14-25(2)18(16-19)6-9-21-22-10-11-24(27)26(22,3)15-13-23(21)25/h4-5,7-8,18-19,21-23H,6,9-16H2,1-3H3/t18-,19+,21+,22-,23+,25-,26-/m1/s1. The maximum absolute atomic E-state index is 12.8. The molecular weight excluding hydrogens is 408 g/mol. The second kappa shape index (κ2) is 7.41. The van der Waals surface area contributed by atoms with Crippen LogP contribution < -0.4 is 0 Å². The molecule has 1 aromatic carbocycles. The first-order valence-electron chi connectivity index (χ1n) is 12.2. The third kappa shape index (κ3) is 3.42. The Morgan fingerprint density at radius 3 is 2.42 bits per heavy atom. The van der Waals surface area contributed by atoms with Crippen LogP contribution in [-0.4, -0.2) is 20.3 Å². The van der Waals surface area contributed by atoms with Gasteiger partial charge >= 0.3 is 0 Å². The maximum Gasteiger partial charge on any atom is 0.297 e. The van der Waals surface area contributed by atoms with Crippen molar-refractivity contribution in [2.75, 3.05) is 0 Å². The summed E-state index contributed by atoms with van der Waals surface area (Å²) in [4.78, 5) is 12.9. The molecule has 5 rings (SSSR count). The van der Waals surface area contributed by atoms with Crippen LogP contribution in [0.25, 0.3) is 0 Å². The molecule has 0 aromatic heterocycles. The number of carbonyl (C=O) groups is 1. The summed E-state index contributed by atoms with van der Waals surface area (Å²) < 4.78 is 31.4. The van der Waals surface area contributed by atoms with Crippen LogP contribution in [0, 0.1) is 41.4 Å². The molecule has 0 unspecified atom stereocenters. The van der Waals surface area contributed by atoms with Crippen LogP contribution in [0.1, 0.15) is 77.2 Å². The van der Waals surface area contributed by atoms with Crippen molar-refractivity contribution in [2.45, 2.75) is 89.6 Å². The summed E-state index contributed by atoms with van der Waals surface area (Å²) in [5, 5.41) is 0. The average molecular weight is 445 g/mol. The zero-order valence-electron chi connectivity index (χ0n) is 19.1. The van der Waals surface area contributed by atoms with Crippen molar-refractivity contribution >= 4 is 15.9 Å². The average Bonchev–Trinajstić information content (AvgIpc) is 3.03. The summed E-state index contributed by atoms with van der Waals surface area (Å²) in [5.41, 5.74) is 1.22. The second-order valence-corrected chi connectivity index (χ2v) is 12.9. The molecule has 0 bridgehead atoms. The van der Waals surface area contributed by atoms with Crippen molar-refractivity contribution < 1.29 is 17.4 Å². The van der Waals surface area contributed by atoms with Gasteiger partial charge in [-0.3, -0.25) is 8.98 Å². The van der Waals surface area contributed by atoms with Crippen molar-refractivity contribution in [3.05, 3.63) is 29.8 Å². The highest BCUT2D eigenvalue weighted by atomic mass is 32.2. The molecule has 31 heavy (non-hydrogen) atoms. The van der Waals surface area contributed by atoms with Gasteiger partial charge in [0.05, 0.1) is 11.0 Å². The van der Waals surface area contributed by atoms with Gasteiger partial charge in [0, 0.05) is 11.8 Å². The molecular formula is C26H36O4S. The molecule has 0 heterocycles. The molecule has 0 saturated heterocycles. The van der Waals surface area contributed by atoms with E-state index >= 15 is 0 Å². The predicted octanol–water partition coefficient (Wildman–Crippen LogP) is 5.68. The normalized spacial score (nSPS) is 42.5. The number of fused-ring (bicyclic) bond motifs is 5. The van der Waals surface area contributed by atoms with E-state index in [1.165, 1.54) is 6.42 Å². The number of hydrogen-bond acceptors (Lipinski definition) is 4. The van der Waals surface area contributed by atoms with Crippen LogP contribution in [-0.2, 0) is 19.1 Å². The van der Waals surface area contributed by atoms with Crippen LogP contribution in [0.15, 0.2) is 29.2 Å². The number of benzene rings is 1. The summed E-state index contributed by atoms with van der Waals surface area (Å²) >= 11 is 0. The summed E-state index contributed by atoms with van der Waals surface area (Å²) in [7, 11) is -3.72. The van der Waals surface area contributed by atoms with Gasteiger partial charge < -0.3 is 0 Å². The maximum atomic E-state index is 12.8. The third-order valence-electron chi connectivity index (χ3n) is 9.90. The number of Topliss-reactive ketones (excluding diaryl/α,β-unsaturated/α-hetero) is 1.